The normalized spacial score (nSPS) is 15.5. The molecule has 1 rings (SSSR count). The van der Waals surface area contributed by atoms with E-state index in [0.717, 1.165) is 0 Å². The van der Waals surface area contributed by atoms with Crippen LogP contribution in [0.5, 0.6) is 0 Å². The van der Waals surface area contributed by atoms with Crippen molar-refractivity contribution < 1.29 is 18.3 Å². The summed E-state index contributed by atoms with van der Waals surface area (Å²) in [5, 5.41) is 9.10. The summed E-state index contributed by atoms with van der Waals surface area (Å²) < 4.78 is 24.5. The van der Waals surface area contributed by atoms with E-state index in [1.807, 2.05) is 0 Å². The van der Waals surface area contributed by atoms with E-state index in [2.05, 4.69) is 0 Å². The second-order valence-corrected chi connectivity index (χ2v) is 6.22. The van der Waals surface area contributed by atoms with Crippen molar-refractivity contribution in [2.24, 2.45) is 11.7 Å². The van der Waals surface area contributed by atoms with Gasteiger partial charge in [-0.2, -0.15) is 0 Å². The molecule has 0 bridgehead atoms. The van der Waals surface area contributed by atoms with Crippen LogP contribution in [0.25, 0.3) is 0 Å². The minimum absolute atomic E-state index is 0.0846. The van der Waals surface area contributed by atoms with E-state index in [1.165, 1.54) is 38.1 Å². The molecule has 0 aliphatic heterocycles. The molecule has 0 radical (unpaired) electrons. The monoisotopic (exact) mass is 257 g/mol. The third-order valence-electron chi connectivity index (χ3n) is 2.69. The SMILES string of the molecule is CC(C)C(N)(C(=O)O)S(=O)(=O)c1ccccc1. The van der Waals surface area contributed by atoms with Gasteiger partial charge in [-0.05, 0) is 18.1 Å². The lowest BCUT2D eigenvalue weighted by Gasteiger charge is -2.28. The summed E-state index contributed by atoms with van der Waals surface area (Å²) in [5.74, 6) is -2.29. The first-order chi connectivity index (χ1) is 7.74. The number of carboxylic acids is 1. The Labute approximate surface area is 100 Å². The molecule has 0 amide bonds. The number of benzene rings is 1. The molecule has 1 aromatic carbocycles. The van der Waals surface area contributed by atoms with Gasteiger partial charge >= 0.3 is 5.97 Å². The Morgan fingerprint density at radius 1 is 1.29 bits per heavy atom. The molecule has 17 heavy (non-hydrogen) atoms. The van der Waals surface area contributed by atoms with Gasteiger partial charge in [0.25, 0.3) is 0 Å². The molecule has 3 N–H and O–H groups in total. The molecule has 6 heteroatoms. The molecule has 1 unspecified atom stereocenters. The van der Waals surface area contributed by atoms with Crippen molar-refractivity contribution in [1.82, 2.24) is 0 Å². The molecular weight excluding hydrogens is 242 g/mol. The van der Waals surface area contributed by atoms with E-state index in [4.69, 9.17) is 10.8 Å². The maximum absolute atomic E-state index is 12.2. The van der Waals surface area contributed by atoms with Crippen LogP contribution in [0.1, 0.15) is 13.8 Å². The smallest absolute Gasteiger partial charge is 0.340 e. The molecular formula is C11H15NO4S. The van der Waals surface area contributed by atoms with Gasteiger partial charge in [-0.3, -0.25) is 0 Å². The standard InChI is InChI=1S/C11H15NO4S/c1-8(2)11(12,10(13)14)17(15,16)9-6-4-3-5-7-9/h3-8H,12H2,1-2H3,(H,13,14). The van der Waals surface area contributed by atoms with Gasteiger partial charge in [-0.1, -0.05) is 32.0 Å². The largest absolute Gasteiger partial charge is 0.479 e. The van der Waals surface area contributed by atoms with Crippen LogP contribution in [0, 0.1) is 5.92 Å². The summed E-state index contributed by atoms with van der Waals surface area (Å²) in [4.78, 5) is 8.78. The Kier molecular flexibility index (Phi) is 3.59. The van der Waals surface area contributed by atoms with E-state index in [9.17, 15) is 13.2 Å². The predicted octanol–water partition coefficient (Wildman–Crippen LogP) is 0.856. The summed E-state index contributed by atoms with van der Waals surface area (Å²) in [5.41, 5.74) is 5.61. The third-order valence-corrected chi connectivity index (χ3v) is 5.12. The van der Waals surface area contributed by atoms with Crippen LogP contribution in [0.3, 0.4) is 0 Å². The summed E-state index contributed by atoms with van der Waals surface area (Å²) >= 11 is 0. The van der Waals surface area contributed by atoms with Gasteiger partial charge in [0.2, 0.25) is 14.7 Å². The van der Waals surface area contributed by atoms with Crippen LogP contribution in [0.2, 0.25) is 0 Å². The van der Waals surface area contributed by atoms with Gasteiger partial charge in [-0.15, -0.1) is 0 Å². The zero-order valence-electron chi connectivity index (χ0n) is 9.62. The minimum atomic E-state index is -4.12. The average Bonchev–Trinajstić information content (AvgIpc) is 2.28. The number of hydrogen-bond donors (Lipinski definition) is 2. The second kappa shape index (κ2) is 4.46. The van der Waals surface area contributed by atoms with Crippen molar-refractivity contribution in [3.05, 3.63) is 30.3 Å². The van der Waals surface area contributed by atoms with Crippen molar-refractivity contribution in [2.45, 2.75) is 23.6 Å². The number of sulfone groups is 1. The van der Waals surface area contributed by atoms with Crippen molar-refractivity contribution in [3.8, 4) is 0 Å². The highest BCUT2D eigenvalue weighted by atomic mass is 32.2. The molecule has 1 atom stereocenters. The molecule has 0 aromatic heterocycles. The number of nitrogens with two attached hydrogens (primary N) is 1. The number of rotatable bonds is 4. The van der Waals surface area contributed by atoms with Gasteiger partial charge in [0.1, 0.15) is 0 Å². The molecule has 0 aliphatic carbocycles. The van der Waals surface area contributed by atoms with Gasteiger partial charge < -0.3 is 10.8 Å². The third kappa shape index (κ3) is 2.05. The molecule has 0 heterocycles. The van der Waals surface area contributed by atoms with Crippen molar-refractivity contribution in [2.75, 3.05) is 0 Å². The highest BCUT2D eigenvalue weighted by Crippen LogP contribution is 2.28. The predicted molar refractivity (Wildman–Crippen MR) is 63.0 cm³/mol. The number of hydrogen-bond acceptors (Lipinski definition) is 4. The van der Waals surface area contributed by atoms with Crippen LogP contribution in [0.4, 0.5) is 0 Å². The number of carbonyl (C=O) groups is 1. The summed E-state index contributed by atoms with van der Waals surface area (Å²) in [6.07, 6.45) is 0. The first kappa shape index (κ1) is 13.7. The molecule has 94 valence electrons. The Morgan fingerprint density at radius 3 is 2.12 bits per heavy atom. The lowest BCUT2D eigenvalue weighted by atomic mass is 10.1. The van der Waals surface area contributed by atoms with Gasteiger partial charge in [0.05, 0.1) is 4.90 Å². The second-order valence-electron chi connectivity index (χ2n) is 4.07. The molecule has 0 saturated carbocycles. The van der Waals surface area contributed by atoms with Crippen LogP contribution in [-0.2, 0) is 14.6 Å². The van der Waals surface area contributed by atoms with Crippen molar-refractivity contribution >= 4 is 15.8 Å². The summed E-state index contributed by atoms with van der Waals surface area (Å²) in [6, 6.07) is 7.36. The average molecular weight is 257 g/mol. The Morgan fingerprint density at radius 2 is 1.76 bits per heavy atom. The topological polar surface area (TPSA) is 97.5 Å². The molecule has 5 nitrogen and oxygen atoms in total. The lowest BCUT2D eigenvalue weighted by Crippen LogP contribution is -2.58. The first-order valence-corrected chi connectivity index (χ1v) is 6.55. The summed E-state index contributed by atoms with van der Waals surface area (Å²) in [6.45, 7) is 2.93. The maximum Gasteiger partial charge on any atom is 0.340 e. The van der Waals surface area contributed by atoms with E-state index in [-0.39, 0.29) is 4.90 Å². The van der Waals surface area contributed by atoms with Crippen molar-refractivity contribution in [1.29, 1.82) is 0 Å². The first-order valence-electron chi connectivity index (χ1n) is 5.06. The van der Waals surface area contributed by atoms with Gasteiger partial charge in [0.15, 0.2) is 0 Å². The van der Waals surface area contributed by atoms with Crippen LogP contribution in [-0.4, -0.2) is 24.4 Å². The summed E-state index contributed by atoms with van der Waals surface area (Å²) in [7, 11) is -4.12. The van der Waals surface area contributed by atoms with Crippen LogP contribution < -0.4 is 5.73 Å². The van der Waals surface area contributed by atoms with Crippen molar-refractivity contribution in [3.63, 3.8) is 0 Å². The Hall–Kier alpha value is -1.40. The molecule has 0 fully saturated rings. The van der Waals surface area contributed by atoms with E-state index in [0.29, 0.717) is 0 Å². The lowest BCUT2D eigenvalue weighted by molar-refractivity contribution is -0.141. The van der Waals surface area contributed by atoms with E-state index >= 15 is 0 Å². The highest BCUT2D eigenvalue weighted by Gasteiger charge is 2.50. The molecule has 0 spiro atoms. The molecule has 0 saturated heterocycles. The van der Waals surface area contributed by atoms with Crippen LogP contribution in [0.15, 0.2) is 35.2 Å². The zero-order chi connectivity index (χ0) is 13.3. The Balaban J connectivity index is 3.45. The fourth-order valence-electron chi connectivity index (χ4n) is 1.47. The fraction of sp³-hybridized carbons (Fsp3) is 0.364. The zero-order valence-corrected chi connectivity index (χ0v) is 10.4. The maximum atomic E-state index is 12.2. The molecule has 1 aromatic rings. The molecule has 0 aliphatic rings. The highest BCUT2D eigenvalue weighted by molar-refractivity contribution is 7.93. The number of aliphatic carboxylic acids is 1. The quantitative estimate of drug-likeness (QED) is 0.833. The number of carboxylic acid groups (broad SMARTS) is 1. The Bertz CT molecular complexity index is 510. The van der Waals surface area contributed by atoms with Gasteiger partial charge in [0, 0.05) is 0 Å². The van der Waals surface area contributed by atoms with E-state index in [1.54, 1.807) is 6.07 Å². The minimum Gasteiger partial charge on any atom is -0.479 e. The fourth-order valence-corrected chi connectivity index (χ4v) is 3.22. The van der Waals surface area contributed by atoms with Gasteiger partial charge in [-0.25, -0.2) is 13.2 Å². The van der Waals surface area contributed by atoms with E-state index < -0.39 is 26.6 Å². The van der Waals surface area contributed by atoms with Crippen LogP contribution >= 0.6 is 0 Å².